The Labute approximate surface area is 119 Å². The van der Waals surface area contributed by atoms with E-state index in [1.165, 1.54) is 0 Å². The molecule has 0 saturated carbocycles. The second kappa shape index (κ2) is 5.66. The first-order valence-electron chi connectivity index (χ1n) is 6.00. The average molecular weight is 285 g/mol. The van der Waals surface area contributed by atoms with Crippen LogP contribution in [-0.4, -0.2) is 16.0 Å². The summed E-state index contributed by atoms with van der Waals surface area (Å²) in [6, 6.07) is 9.17. The highest BCUT2D eigenvalue weighted by Crippen LogP contribution is 2.18. The molecule has 0 fully saturated rings. The van der Waals surface area contributed by atoms with Gasteiger partial charge in [0.25, 0.3) is 5.91 Å². The maximum absolute atomic E-state index is 11.9. The van der Waals surface area contributed by atoms with Gasteiger partial charge < -0.3 is 9.84 Å². The fraction of sp³-hybridized carbons (Fsp3) is 0.0714. The molecule has 0 bridgehead atoms. The third-order valence-electron chi connectivity index (χ3n) is 2.69. The van der Waals surface area contributed by atoms with Crippen LogP contribution in [0.25, 0.3) is 11.3 Å². The Balaban J connectivity index is 1.69. The minimum atomic E-state index is -0.253. The van der Waals surface area contributed by atoms with Gasteiger partial charge in [0.2, 0.25) is 0 Å². The van der Waals surface area contributed by atoms with Crippen LogP contribution in [-0.2, 0) is 6.54 Å². The first-order valence-corrected chi connectivity index (χ1v) is 6.88. The van der Waals surface area contributed by atoms with Crippen LogP contribution < -0.4 is 5.32 Å². The van der Waals surface area contributed by atoms with Crippen molar-refractivity contribution in [2.75, 3.05) is 0 Å². The molecule has 0 atom stereocenters. The molecule has 100 valence electrons. The Morgan fingerprint density at radius 3 is 3.05 bits per heavy atom. The van der Waals surface area contributed by atoms with Crippen LogP contribution in [0.3, 0.4) is 0 Å². The molecule has 6 heteroatoms. The normalized spacial score (nSPS) is 10.4. The first-order chi connectivity index (χ1) is 9.83. The lowest BCUT2D eigenvalue weighted by Gasteiger charge is -1.99. The van der Waals surface area contributed by atoms with Gasteiger partial charge >= 0.3 is 0 Å². The van der Waals surface area contributed by atoms with Gasteiger partial charge in [0.1, 0.15) is 0 Å². The van der Waals surface area contributed by atoms with Crippen molar-refractivity contribution in [2.45, 2.75) is 6.54 Å². The van der Waals surface area contributed by atoms with Crippen molar-refractivity contribution in [2.24, 2.45) is 0 Å². The summed E-state index contributed by atoms with van der Waals surface area (Å²) >= 11 is 1.60. The standard InChI is InChI=1S/C14H11N3O2S/c18-14(16-9-11-4-2-6-20-11)12-7-13(19-17-12)10-3-1-5-15-8-10/h1-8H,9H2,(H,16,18). The van der Waals surface area contributed by atoms with Crippen molar-refractivity contribution in [3.63, 3.8) is 0 Å². The van der Waals surface area contributed by atoms with Gasteiger partial charge in [0.15, 0.2) is 11.5 Å². The number of amides is 1. The van der Waals surface area contributed by atoms with E-state index in [-0.39, 0.29) is 11.6 Å². The van der Waals surface area contributed by atoms with E-state index in [9.17, 15) is 4.79 Å². The summed E-state index contributed by atoms with van der Waals surface area (Å²) in [6.07, 6.45) is 3.34. The van der Waals surface area contributed by atoms with E-state index in [1.54, 1.807) is 35.9 Å². The highest BCUT2D eigenvalue weighted by Gasteiger charge is 2.13. The van der Waals surface area contributed by atoms with Crippen molar-refractivity contribution >= 4 is 17.2 Å². The van der Waals surface area contributed by atoms with Crippen molar-refractivity contribution < 1.29 is 9.32 Å². The molecular formula is C14H11N3O2S. The zero-order chi connectivity index (χ0) is 13.8. The summed E-state index contributed by atoms with van der Waals surface area (Å²) < 4.78 is 5.16. The molecule has 0 unspecified atom stereocenters. The second-order valence-electron chi connectivity index (χ2n) is 4.08. The fourth-order valence-electron chi connectivity index (χ4n) is 1.70. The molecular weight excluding hydrogens is 274 g/mol. The molecule has 1 N–H and O–H groups in total. The van der Waals surface area contributed by atoms with Crippen molar-refractivity contribution in [1.29, 1.82) is 0 Å². The van der Waals surface area contributed by atoms with Gasteiger partial charge in [0, 0.05) is 28.9 Å². The molecule has 0 aliphatic carbocycles. The minimum absolute atomic E-state index is 0.253. The number of nitrogens with zero attached hydrogens (tertiary/aromatic N) is 2. The summed E-state index contributed by atoms with van der Waals surface area (Å²) in [5.74, 6) is 0.275. The third-order valence-corrected chi connectivity index (χ3v) is 3.57. The van der Waals surface area contributed by atoms with E-state index in [4.69, 9.17) is 4.52 Å². The summed E-state index contributed by atoms with van der Waals surface area (Å²) in [5.41, 5.74) is 1.05. The number of rotatable bonds is 4. The highest BCUT2D eigenvalue weighted by molar-refractivity contribution is 7.09. The maximum Gasteiger partial charge on any atom is 0.273 e. The topological polar surface area (TPSA) is 68.0 Å². The summed E-state index contributed by atoms with van der Waals surface area (Å²) in [5, 5.41) is 8.55. The number of carbonyl (C=O) groups is 1. The lowest BCUT2D eigenvalue weighted by Crippen LogP contribution is -2.22. The largest absolute Gasteiger partial charge is 0.355 e. The number of hydrogen-bond donors (Lipinski definition) is 1. The molecule has 5 nitrogen and oxygen atoms in total. The Morgan fingerprint density at radius 1 is 1.35 bits per heavy atom. The molecule has 1 amide bonds. The van der Waals surface area contributed by atoms with E-state index >= 15 is 0 Å². The summed E-state index contributed by atoms with van der Waals surface area (Å²) in [7, 11) is 0. The Hall–Kier alpha value is -2.47. The van der Waals surface area contributed by atoms with Crippen LogP contribution in [0.5, 0.6) is 0 Å². The lowest BCUT2D eigenvalue weighted by atomic mass is 10.2. The number of hydrogen-bond acceptors (Lipinski definition) is 5. The number of thiophene rings is 1. The van der Waals surface area contributed by atoms with Gasteiger partial charge in [-0.15, -0.1) is 11.3 Å². The van der Waals surface area contributed by atoms with Crippen molar-refractivity contribution in [3.05, 3.63) is 58.7 Å². The molecule has 3 heterocycles. The van der Waals surface area contributed by atoms with E-state index in [1.807, 2.05) is 23.6 Å². The zero-order valence-corrected chi connectivity index (χ0v) is 11.3. The fourth-order valence-corrected chi connectivity index (χ4v) is 2.34. The predicted molar refractivity (Wildman–Crippen MR) is 75.2 cm³/mol. The summed E-state index contributed by atoms with van der Waals surface area (Å²) in [6.45, 7) is 0.492. The smallest absolute Gasteiger partial charge is 0.273 e. The molecule has 0 saturated heterocycles. The van der Waals surface area contributed by atoms with Crippen LogP contribution >= 0.6 is 11.3 Å². The molecule has 3 rings (SSSR count). The molecule has 3 aromatic heterocycles. The number of aromatic nitrogens is 2. The monoisotopic (exact) mass is 285 g/mol. The minimum Gasteiger partial charge on any atom is -0.355 e. The molecule has 3 aromatic rings. The third kappa shape index (κ3) is 2.75. The lowest BCUT2D eigenvalue weighted by molar-refractivity contribution is 0.0942. The van der Waals surface area contributed by atoms with Crippen LogP contribution in [0.1, 0.15) is 15.4 Å². The molecule has 0 aliphatic rings. The van der Waals surface area contributed by atoms with E-state index < -0.39 is 0 Å². The number of carbonyl (C=O) groups excluding carboxylic acids is 1. The Bertz CT molecular complexity index is 692. The molecule has 0 spiro atoms. The Kier molecular flexibility index (Phi) is 3.56. The first kappa shape index (κ1) is 12.6. The van der Waals surface area contributed by atoms with E-state index in [2.05, 4.69) is 15.5 Å². The Morgan fingerprint density at radius 2 is 2.30 bits per heavy atom. The zero-order valence-electron chi connectivity index (χ0n) is 10.4. The van der Waals surface area contributed by atoms with Crippen LogP contribution in [0.15, 0.2) is 52.6 Å². The van der Waals surface area contributed by atoms with Gasteiger partial charge in [-0.05, 0) is 23.6 Å². The number of nitrogens with one attached hydrogen (secondary N) is 1. The van der Waals surface area contributed by atoms with Gasteiger partial charge in [-0.25, -0.2) is 0 Å². The van der Waals surface area contributed by atoms with E-state index in [0.29, 0.717) is 12.3 Å². The van der Waals surface area contributed by atoms with Gasteiger partial charge in [-0.1, -0.05) is 11.2 Å². The summed E-state index contributed by atoms with van der Waals surface area (Å²) in [4.78, 5) is 17.0. The van der Waals surface area contributed by atoms with Crippen LogP contribution in [0, 0.1) is 0 Å². The molecule has 20 heavy (non-hydrogen) atoms. The number of pyridine rings is 1. The SMILES string of the molecule is O=C(NCc1cccs1)c1cc(-c2cccnc2)on1. The van der Waals surface area contributed by atoms with E-state index in [0.717, 1.165) is 10.4 Å². The van der Waals surface area contributed by atoms with Crippen LogP contribution in [0.2, 0.25) is 0 Å². The quantitative estimate of drug-likeness (QED) is 0.800. The molecule has 0 aliphatic heterocycles. The van der Waals surface area contributed by atoms with Gasteiger partial charge in [-0.3, -0.25) is 9.78 Å². The second-order valence-corrected chi connectivity index (χ2v) is 5.11. The van der Waals surface area contributed by atoms with Crippen molar-refractivity contribution in [3.8, 4) is 11.3 Å². The van der Waals surface area contributed by atoms with Gasteiger partial charge in [0.05, 0.1) is 6.54 Å². The molecule has 0 radical (unpaired) electrons. The highest BCUT2D eigenvalue weighted by atomic mass is 32.1. The average Bonchev–Trinajstić information content (AvgIpc) is 3.17. The van der Waals surface area contributed by atoms with Gasteiger partial charge in [-0.2, -0.15) is 0 Å². The van der Waals surface area contributed by atoms with Crippen LogP contribution in [0.4, 0.5) is 0 Å². The van der Waals surface area contributed by atoms with Crippen molar-refractivity contribution in [1.82, 2.24) is 15.5 Å². The molecule has 0 aromatic carbocycles. The maximum atomic E-state index is 11.9. The predicted octanol–water partition coefficient (Wildman–Crippen LogP) is 2.73.